The predicted octanol–water partition coefficient (Wildman–Crippen LogP) is 4.08. The van der Waals surface area contributed by atoms with E-state index in [1.807, 2.05) is 26.1 Å². The molecule has 2 aromatic heterocycles. The van der Waals surface area contributed by atoms with Gasteiger partial charge in [0.05, 0.1) is 12.2 Å². The smallest absolute Gasteiger partial charge is 0.292 e. The van der Waals surface area contributed by atoms with Crippen molar-refractivity contribution in [3.8, 4) is 0 Å². The summed E-state index contributed by atoms with van der Waals surface area (Å²) >= 11 is 0. The number of aryl methyl sites for hydroxylation is 1. The van der Waals surface area contributed by atoms with Gasteiger partial charge < -0.3 is 10.2 Å². The Kier molecular flexibility index (Phi) is 6.16. The lowest BCUT2D eigenvalue weighted by Crippen LogP contribution is -2.45. The molecule has 1 amide bonds. The first-order valence-electron chi connectivity index (χ1n) is 10.6. The first kappa shape index (κ1) is 21.9. The van der Waals surface area contributed by atoms with Gasteiger partial charge in [-0.15, -0.1) is 0 Å². The molecule has 1 unspecified atom stereocenters. The van der Waals surface area contributed by atoms with E-state index >= 15 is 0 Å². The van der Waals surface area contributed by atoms with Crippen LogP contribution in [0.3, 0.4) is 0 Å². The van der Waals surface area contributed by atoms with Gasteiger partial charge >= 0.3 is 0 Å². The maximum absolute atomic E-state index is 14.2. The summed E-state index contributed by atoms with van der Waals surface area (Å²) in [4.78, 5) is 23.7. The van der Waals surface area contributed by atoms with Gasteiger partial charge in [0.25, 0.3) is 11.8 Å². The van der Waals surface area contributed by atoms with E-state index in [0.29, 0.717) is 23.6 Å². The fraction of sp³-hybridized carbons (Fsp3) is 0.391. The van der Waals surface area contributed by atoms with Crippen molar-refractivity contribution >= 4 is 11.7 Å². The number of carbonyl (C=O) groups is 1. The van der Waals surface area contributed by atoms with E-state index in [2.05, 4.69) is 25.5 Å². The number of anilines is 1. The van der Waals surface area contributed by atoms with Crippen LogP contribution in [0.15, 0.2) is 42.7 Å². The van der Waals surface area contributed by atoms with E-state index in [1.54, 1.807) is 30.5 Å². The van der Waals surface area contributed by atoms with Gasteiger partial charge in [0.1, 0.15) is 5.82 Å². The summed E-state index contributed by atoms with van der Waals surface area (Å²) in [7, 11) is 0. The van der Waals surface area contributed by atoms with Crippen molar-refractivity contribution in [1.29, 1.82) is 0 Å². The van der Waals surface area contributed by atoms with Crippen LogP contribution in [-0.4, -0.2) is 50.0 Å². The lowest BCUT2D eigenvalue weighted by atomic mass is 9.92. The number of alkyl halides is 2. The Hall–Kier alpha value is -3.36. The number of halogens is 2. The highest BCUT2D eigenvalue weighted by atomic mass is 19.3. The summed E-state index contributed by atoms with van der Waals surface area (Å²) in [5, 5.41) is 9.97. The van der Waals surface area contributed by atoms with Gasteiger partial charge in [-0.05, 0) is 31.4 Å². The van der Waals surface area contributed by atoms with Crippen LogP contribution in [0.25, 0.3) is 0 Å². The Bertz CT molecular complexity index is 1070. The molecule has 1 saturated heterocycles. The molecule has 0 bridgehead atoms. The summed E-state index contributed by atoms with van der Waals surface area (Å²) in [5.41, 5.74) is 3.26. The number of benzene rings is 1. The predicted molar refractivity (Wildman–Crippen MR) is 117 cm³/mol. The van der Waals surface area contributed by atoms with Crippen molar-refractivity contribution in [3.05, 3.63) is 70.9 Å². The van der Waals surface area contributed by atoms with Crippen molar-refractivity contribution in [2.24, 2.45) is 0 Å². The summed E-state index contributed by atoms with van der Waals surface area (Å²) in [6.07, 6.45) is 3.53. The Morgan fingerprint density at radius 3 is 2.75 bits per heavy atom. The molecule has 0 radical (unpaired) electrons. The average molecular weight is 440 g/mol. The largest absolute Gasteiger partial charge is 0.369 e. The molecule has 3 aromatic rings. The Labute approximate surface area is 185 Å². The fourth-order valence-electron chi connectivity index (χ4n) is 3.92. The maximum atomic E-state index is 14.2. The van der Waals surface area contributed by atoms with E-state index in [4.69, 9.17) is 0 Å². The monoisotopic (exact) mass is 440 g/mol. The number of piperidine rings is 1. The van der Waals surface area contributed by atoms with Gasteiger partial charge in [-0.2, -0.15) is 5.10 Å². The van der Waals surface area contributed by atoms with Crippen molar-refractivity contribution in [1.82, 2.24) is 25.1 Å². The van der Waals surface area contributed by atoms with Crippen LogP contribution in [-0.2, 0) is 6.42 Å². The second-order valence-corrected chi connectivity index (χ2v) is 8.12. The van der Waals surface area contributed by atoms with E-state index in [1.165, 1.54) is 4.90 Å². The van der Waals surface area contributed by atoms with E-state index in [-0.39, 0.29) is 18.8 Å². The molecule has 1 aliphatic heterocycles. The molecule has 1 aliphatic rings. The molecule has 0 aliphatic carbocycles. The van der Waals surface area contributed by atoms with Crippen LogP contribution in [0, 0.1) is 13.8 Å². The number of rotatable bonds is 6. The third-order valence-electron chi connectivity index (χ3n) is 5.87. The van der Waals surface area contributed by atoms with Crippen LogP contribution in [0.1, 0.15) is 51.9 Å². The van der Waals surface area contributed by atoms with Crippen LogP contribution >= 0.6 is 0 Å². The zero-order chi connectivity index (χ0) is 22.7. The number of aromatic amines is 1. The molecular weight excluding hydrogens is 414 g/mol. The van der Waals surface area contributed by atoms with Gasteiger partial charge in [0.15, 0.2) is 0 Å². The molecule has 0 saturated carbocycles. The number of H-pyrrole nitrogens is 1. The molecular formula is C23H26F2N6O. The van der Waals surface area contributed by atoms with Gasteiger partial charge in [-0.25, -0.2) is 18.7 Å². The molecule has 9 heteroatoms. The van der Waals surface area contributed by atoms with Crippen molar-refractivity contribution < 1.29 is 13.6 Å². The quantitative estimate of drug-likeness (QED) is 0.603. The summed E-state index contributed by atoms with van der Waals surface area (Å²) < 4.78 is 28.5. The summed E-state index contributed by atoms with van der Waals surface area (Å²) in [5.74, 6) is -2.66. The minimum atomic E-state index is -2.82. The average Bonchev–Trinajstić information content (AvgIpc) is 3.29. The highest BCUT2D eigenvalue weighted by molar-refractivity contribution is 5.91. The van der Waals surface area contributed by atoms with Crippen molar-refractivity contribution in [2.45, 2.75) is 45.1 Å². The minimum Gasteiger partial charge on any atom is -0.369 e. The normalized spacial score (nSPS) is 17.9. The van der Waals surface area contributed by atoms with E-state index < -0.39 is 24.3 Å². The summed E-state index contributed by atoms with van der Waals surface area (Å²) in [6.45, 7) is 4.25. The standard InChI is InChI=1S/C23H26F2N6O/c1-15-16(2)29-21(30-20(15)26-10-8-17-13-27-28-14-17)22(32)31-11-9-23(24,25)12-19(31)18-6-4-3-5-7-18/h3-7,13-14,19H,8-12H2,1-2H3,(H,27,28)(H,26,29,30). The van der Waals surface area contributed by atoms with E-state index in [9.17, 15) is 13.6 Å². The van der Waals surface area contributed by atoms with Crippen LogP contribution < -0.4 is 5.32 Å². The molecule has 1 aromatic carbocycles. The second-order valence-electron chi connectivity index (χ2n) is 8.12. The number of likely N-dealkylation sites (tertiary alicyclic amines) is 1. The first-order chi connectivity index (χ1) is 15.3. The Balaban J connectivity index is 1.57. The molecule has 7 nitrogen and oxygen atoms in total. The fourth-order valence-corrected chi connectivity index (χ4v) is 3.92. The van der Waals surface area contributed by atoms with Gasteiger partial charge in [0, 0.05) is 43.4 Å². The number of hydrogen-bond donors (Lipinski definition) is 2. The number of amides is 1. The lowest BCUT2D eigenvalue weighted by molar-refractivity contribution is -0.0709. The number of carbonyl (C=O) groups excluding carboxylic acids is 1. The van der Waals surface area contributed by atoms with Crippen LogP contribution in [0.2, 0.25) is 0 Å². The van der Waals surface area contributed by atoms with Crippen LogP contribution in [0.4, 0.5) is 14.6 Å². The number of aromatic nitrogens is 4. The molecule has 2 N–H and O–H groups in total. The van der Waals surface area contributed by atoms with Gasteiger partial charge in [-0.3, -0.25) is 9.89 Å². The summed E-state index contributed by atoms with van der Waals surface area (Å²) in [6, 6.07) is 8.23. The molecule has 1 atom stereocenters. The third kappa shape index (κ3) is 4.76. The number of nitrogens with one attached hydrogen (secondary N) is 2. The topological polar surface area (TPSA) is 86.8 Å². The first-order valence-corrected chi connectivity index (χ1v) is 10.6. The Morgan fingerprint density at radius 1 is 1.25 bits per heavy atom. The molecule has 1 fully saturated rings. The van der Waals surface area contributed by atoms with Crippen molar-refractivity contribution in [3.63, 3.8) is 0 Å². The lowest BCUT2D eigenvalue weighted by Gasteiger charge is -2.39. The number of nitrogens with zero attached hydrogens (tertiary/aromatic N) is 4. The highest BCUT2D eigenvalue weighted by Crippen LogP contribution is 2.40. The maximum Gasteiger partial charge on any atom is 0.292 e. The molecule has 32 heavy (non-hydrogen) atoms. The van der Waals surface area contributed by atoms with Crippen molar-refractivity contribution in [2.75, 3.05) is 18.4 Å². The third-order valence-corrected chi connectivity index (χ3v) is 5.87. The highest BCUT2D eigenvalue weighted by Gasteiger charge is 2.43. The Morgan fingerprint density at radius 2 is 2.03 bits per heavy atom. The SMILES string of the molecule is Cc1nc(C(=O)N2CCC(F)(F)CC2c2ccccc2)nc(NCCc2cn[nH]c2)c1C. The zero-order valence-electron chi connectivity index (χ0n) is 18.1. The second kappa shape index (κ2) is 9.02. The van der Waals surface area contributed by atoms with E-state index in [0.717, 1.165) is 17.5 Å². The molecule has 0 spiro atoms. The molecule has 4 rings (SSSR count). The van der Waals surface area contributed by atoms with Gasteiger partial charge in [0.2, 0.25) is 5.82 Å². The number of hydrogen-bond acceptors (Lipinski definition) is 5. The van der Waals surface area contributed by atoms with Gasteiger partial charge in [-0.1, -0.05) is 30.3 Å². The molecule has 168 valence electrons. The molecule has 3 heterocycles. The van der Waals surface area contributed by atoms with Crippen LogP contribution in [0.5, 0.6) is 0 Å². The zero-order valence-corrected chi connectivity index (χ0v) is 18.1. The minimum absolute atomic E-state index is 0.0186.